The van der Waals surface area contributed by atoms with Crippen molar-refractivity contribution in [2.45, 2.75) is 39.2 Å². The minimum atomic E-state index is -0.474. The van der Waals surface area contributed by atoms with Crippen molar-refractivity contribution >= 4 is 17.5 Å². The average molecular weight is 456 g/mol. The van der Waals surface area contributed by atoms with Crippen molar-refractivity contribution in [3.63, 3.8) is 0 Å². The summed E-state index contributed by atoms with van der Waals surface area (Å²) < 4.78 is 1.44. The molecule has 33 heavy (non-hydrogen) atoms. The second-order valence-corrected chi connectivity index (χ2v) is 8.71. The van der Waals surface area contributed by atoms with E-state index in [-0.39, 0.29) is 23.2 Å². The quantitative estimate of drug-likeness (QED) is 0.497. The van der Waals surface area contributed by atoms with Crippen LogP contribution in [0.5, 0.6) is 0 Å². The van der Waals surface area contributed by atoms with Crippen LogP contribution in [0.15, 0.2) is 24.3 Å². The molecular weight excluding hydrogens is 426 g/mol. The van der Waals surface area contributed by atoms with Gasteiger partial charge >= 0.3 is 0 Å². The van der Waals surface area contributed by atoms with Crippen LogP contribution in [0.3, 0.4) is 0 Å². The van der Waals surface area contributed by atoms with Crippen LogP contribution in [0.4, 0.5) is 5.69 Å². The van der Waals surface area contributed by atoms with Crippen molar-refractivity contribution in [1.29, 1.82) is 0 Å². The number of amides is 2. The molecule has 2 fully saturated rings. The van der Waals surface area contributed by atoms with Crippen molar-refractivity contribution in [3.8, 4) is 5.69 Å². The van der Waals surface area contributed by atoms with Gasteiger partial charge in [0.2, 0.25) is 5.91 Å². The molecule has 2 aliphatic heterocycles. The van der Waals surface area contributed by atoms with Crippen molar-refractivity contribution in [3.05, 3.63) is 45.8 Å². The summed E-state index contributed by atoms with van der Waals surface area (Å²) in [6.45, 7) is 7.30. The van der Waals surface area contributed by atoms with Crippen molar-refractivity contribution in [2.24, 2.45) is 0 Å². The predicted molar refractivity (Wildman–Crippen MR) is 120 cm³/mol. The Morgan fingerprint density at radius 3 is 2.61 bits per heavy atom. The summed E-state index contributed by atoms with van der Waals surface area (Å²) in [4.78, 5) is 42.2. The van der Waals surface area contributed by atoms with E-state index >= 15 is 0 Å². The zero-order valence-electron chi connectivity index (χ0n) is 19.0. The van der Waals surface area contributed by atoms with Gasteiger partial charge in [-0.25, -0.2) is 4.68 Å². The summed E-state index contributed by atoms with van der Waals surface area (Å²) in [5.74, 6) is -0.0578. The number of nitrogens with zero attached hydrogens (tertiary/aromatic N) is 7. The zero-order valence-corrected chi connectivity index (χ0v) is 19.0. The Morgan fingerprint density at radius 2 is 1.91 bits per heavy atom. The number of nitro benzene ring substituents is 1. The highest BCUT2D eigenvalue weighted by Gasteiger charge is 2.29. The van der Waals surface area contributed by atoms with Crippen LogP contribution >= 0.6 is 0 Å². The molecule has 2 aromatic rings. The van der Waals surface area contributed by atoms with E-state index in [0.29, 0.717) is 50.1 Å². The molecule has 1 aromatic heterocycles. The molecule has 0 N–H and O–H groups in total. The van der Waals surface area contributed by atoms with Gasteiger partial charge in [0.15, 0.2) is 5.69 Å². The number of carbonyl (C=O) groups excluding carboxylic acids is 2. The fourth-order valence-corrected chi connectivity index (χ4v) is 4.52. The van der Waals surface area contributed by atoms with Gasteiger partial charge in [-0.15, -0.1) is 5.10 Å². The van der Waals surface area contributed by atoms with Crippen LogP contribution in [0.1, 0.15) is 42.4 Å². The molecule has 1 atom stereocenters. The largest absolute Gasteiger partial charge is 0.339 e. The van der Waals surface area contributed by atoms with Gasteiger partial charge in [0, 0.05) is 50.9 Å². The number of benzene rings is 1. The Kier molecular flexibility index (Phi) is 6.68. The molecule has 2 saturated heterocycles. The number of non-ortho nitro benzene ring substituents is 1. The van der Waals surface area contributed by atoms with Crippen LogP contribution in [0.25, 0.3) is 5.69 Å². The molecular formula is C22H29N7O4. The summed E-state index contributed by atoms with van der Waals surface area (Å²) >= 11 is 0. The summed E-state index contributed by atoms with van der Waals surface area (Å²) in [5.41, 5.74) is 1.17. The van der Waals surface area contributed by atoms with Crippen LogP contribution in [-0.4, -0.2) is 91.7 Å². The topological polar surface area (TPSA) is 118 Å². The number of carbonyl (C=O) groups is 2. The smallest absolute Gasteiger partial charge is 0.276 e. The number of hydrogen-bond acceptors (Lipinski definition) is 7. The Balaban J connectivity index is 1.37. The number of nitro groups is 1. The summed E-state index contributed by atoms with van der Waals surface area (Å²) in [6, 6.07) is 6.35. The summed E-state index contributed by atoms with van der Waals surface area (Å²) in [7, 11) is 0. The van der Waals surface area contributed by atoms with Gasteiger partial charge in [0.1, 0.15) is 0 Å². The lowest BCUT2D eigenvalue weighted by Gasteiger charge is -2.37. The van der Waals surface area contributed by atoms with E-state index < -0.39 is 4.92 Å². The predicted octanol–water partition coefficient (Wildman–Crippen LogP) is 1.64. The van der Waals surface area contributed by atoms with E-state index in [1.807, 2.05) is 4.90 Å². The number of aromatic nitrogens is 3. The van der Waals surface area contributed by atoms with Crippen LogP contribution in [0, 0.1) is 17.0 Å². The fraction of sp³-hybridized carbons (Fsp3) is 0.545. The maximum Gasteiger partial charge on any atom is 0.276 e. The van der Waals surface area contributed by atoms with Gasteiger partial charge in [0.05, 0.1) is 22.8 Å². The lowest BCUT2D eigenvalue weighted by molar-refractivity contribution is -0.384. The Morgan fingerprint density at radius 1 is 1.15 bits per heavy atom. The van der Waals surface area contributed by atoms with E-state index in [2.05, 4.69) is 22.1 Å². The number of piperidine rings is 1. The third-order valence-corrected chi connectivity index (χ3v) is 6.52. The molecule has 0 spiro atoms. The van der Waals surface area contributed by atoms with E-state index in [1.165, 1.54) is 23.2 Å². The van der Waals surface area contributed by atoms with Crippen LogP contribution in [-0.2, 0) is 4.79 Å². The monoisotopic (exact) mass is 455 g/mol. The molecule has 0 aliphatic carbocycles. The minimum absolute atomic E-state index is 0.0557. The van der Waals surface area contributed by atoms with Gasteiger partial charge in [-0.3, -0.25) is 24.6 Å². The maximum atomic E-state index is 13.1. The standard InChI is InChI=1S/C22H29N7O4/c1-16-6-3-4-9-27(16)20(30)15-25-10-12-26(13-11-25)22(31)21-17(2)28(24-23-21)18-7-5-8-19(14-18)29(32)33/h5,7-8,14,16H,3-4,6,9-13,15H2,1-2H3. The lowest BCUT2D eigenvalue weighted by atomic mass is 10.0. The Bertz CT molecular complexity index is 1050. The van der Waals surface area contributed by atoms with Crippen LogP contribution in [0.2, 0.25) is 0 Å². The first-order chi connectivity index (χ1) is 15.8. The highest BCUT2D eigenvalue weighted by atomic mass is 16.6. The number of likely N-dealkylation sites (tertiary alicyclic amines) is 1. The molecule has 2 aliphatic rings. The van der Waals surface area contributed by atoms with E-state index in [1.54, 1.807) is 24.0 Å². The first-order valence-corrected chi connectivity index (χ1v) is 11.3. The number of hydrogen-bond donors (Lipinski definition) is 0. The fourth-order valence-electron chi connectivity index (χ4n) is 4.52. The van der Waals surface area contributed by atoms with Gasteiger partial charge < -0.3 is 9.80 Å². The summed E-state index contributed by atoms with van der Waals surface area (Å²) in [6.07, 6.45) is 3.30. The van der Waals surface area contributed by atoms with E-state index in [0.717, 1.165) is 19.4 Å². The maximum absolute atomic E-state index is 13.1. The molecule has 11 nitrogen and oxygen atoms in total. The summed E-state index contributed by atoms with van der Waals surface area (Å²) in [5, 5.41) is 19.2. The molecule has 0 radical (unpaired) electrons. The SMILES string of the molecule is Cc1c(C(=O)N2CCN(CC(=O)N3CCCCC3C)CC2)nnn1-c1cccc([N+](=O)[O-])c1. The van der Waals surface area contributed by atoms with Gasteiger partial charge in [-0.1, -0.05) is 11.3 Å². The third-order valence-electron chi connectivity index (χ3n) is 6.52. The zero-order chi connectivity index (χ0) is 23.5. The third kappa shape index (κ3) is 4.87. The average Bonchev–Trinajstić information content (AvgIpc) is 3.20. The highest BCUT2D eigenvalue weighted by Crippen LogP contribution is 2.20. The van der Waals surface area contributed by atoms with E-state index in [9.17, 15) is 19.7 Å². The molecule has 0 bridgehead atoms. The first kappa shape index (κ1) is 22.8. The minimum Gasteiger partial charge on any atom is -0.339 e. The second kappa shape index (κ2) is 9.65. The Labute approximate surface area is 192 Å². The Hall–Kier alpha value is -3.34. The lowest BCUT2D eigenvalue weighted by Crippen LogP contribution is -2.53. The van der Waals surface area contributed by atoms with Gasteiger partial charge in [-0.2, -0.15) is 0 Å². The first-order valence-electron chi connectivity index (χ1n) is 11.3. The molecule has 2 amide bonds. The van der Waals surface area contributed by atoms with Crippen molar-refractivity contribution in [1.82, 2.24) is 29.7 Å². The number of rotatable bonds is 5. The van der Waals surface area contributed by atoms with Gasteiger partial charge in [0.25, 0.3) is 11.6 Å². The molecule has 4 rings (SSSR count). The van der Waals surface area contributed by atoms with Gasteiger partial charge in [-0.05, 0) is 39.2 Å². The normalized spacial score (nSPS) is 19.5. The van der Waals surface area contributed by atoms with E-state index in [4.69, 9.17) is 0 Å². The molecule has 3 heterocycles. The molecule has 1 unspecified atom stereocenters. The molecule has 176 valence electrons. The molecule has 1 aromatic carbocycles. The van der Waals surface area contributed by atoms with Crippen molar-refractivity contribution in [2.75, 3.05) is 39.3 Å². The molecule has 0 saturated carbocycles. The highest BCUT2D eigenvalue weighted by molar-refractivity contribution is 5.93. The second-order valence-electron chi connectivity index (χ2n) is 8.71. The van der Waals surface area contributed by atoms with Crippen molar-refractivity contribution < 1.29 is 14.5 Å². The van der Waals surface area contributed by atoms with Crippen LogP contribution < -0.4 is 0 Å². The molecule has 11 heteroatoms. The number of piperazine rings is 1.